The van der Waals surface area contributed by atoms with E-state index in [4.69, 9.17) is 14.2 Å². The van der Waals surface area contributed by atoms with Gasteiger partial charge in [0.2, 0.25) is 6.79 Å². The summed E-state index contributed by atoms with van der Waals surface area (Å²) in [5.41, 5.74) is 3.00. The minimum Gasteiger partial charge on any atom is -0.497 e. The van der Waals surface area contributed by atoms with E-state index in [1.807, 2.05) is 24.3 Å². The molecule has 0 bridgehead atoms. The first-order valence-corrected chi connectivity index (χ1v) is 8.05. The first-order chi connectivity index (χ1) is 12.7. The number of allylic oxidation sites excluding steroid dienone is 1. The minimum absolute atomic E-state index is 0.0908. The van der Waals surface area contributed by atoms with E-state index in [1.54, 1.807) is 37.5 Å². The molecule has 26 heavy (non-hydrogen) atoms. The highest BCUT2D eigenvalue weighted by Crippen LogP contribution is 2.35. The fraction of sp³-hybridized carbons (Fsp3) is 0.100. The van der Waals surface area contributed by atoms with Crippen LogP contribution in [0.4, 0.5) is 0 Å². The maximum Gasteiger partial charge on any atom is 0.231 e. The molecular weight excluding hydrogens is 332 g/mol. The van der Waals surface area contributed by atoms with Crippen LogP contribution < -0.4 is 14.2 Å². The molecule has 6 heteroatoms. The Hall–Kier alpha value is -3.54. The lowest BCUT2D eigenvalue weighted by Crippen LogP contribution is -1.94. The molecule has 0 unspecified atom stereocenters. The molecule has 1 N–H and O–H groups in total. The number of rotatable bonds is 5. The zero-order valence-electron chi connectivity index (χ0n) is 14.1. The summed E-state index contributed by atoms with van der Waals surface area (Å²) in [6.45, 7) is 0.237. The molecule has 0 fully saturated rings. The number of fused-ring (bicyclic) bond motifs is 1. The van der Waals surface area contributed by atoms with E-state index >= 15 is 0 Å². The van der Waals surface area contributed by atoms with Crippen molar-refractivity contribution in [3.63, 3.8) is 0 Å². The zero-order chi connectivity index (χ0) is 17.9. The number of nitrogens with one attached hydrogen (secondary N) is 1. The number of carbonyl (C=O) groups excluding carboxylic acids is 1. The second-order valence-corrected chi connectivity index (χ2v) is 5.70. The third-order valence-corrected chi connectivity index (χ3v) is 4.05. The van der Waals surface area contributed by atoms with Crippen molar-refractivity contribution in [1.29, 1.82) is 0 Å². The number of aromatic nitrogens is 2. The van der Waals surface area contributed by atoms with Crippen LogP contribution >= 0.6 is 0 Å². The number of benzene rings is 2. The van der Waals surface area contributed by atoms with Gasteiger partial charge >= 0.3 is 0 Å². The average Bonchev–Trinajstić information content (AvgIpc) is 3.34. The Labute approximate surface area is 150 Å². The number of nitrogens with zero attached hydrogens (tertiary/aromatic N) is 1. The van der Waals surface area contributed by atoms with E-state index in [1.165, 1.54) is 6.08 Å². The summed E-state index contributed by atoms with van der Waals surface area (Å²) in [5.74, 6) is 2.06. The number of aromatic amines is 1. The molecule has 1 aliphatic heterocycles. The first-order valence-electron chi connectivity index (χ1n) is 8.05. The van der Waals surface area contributed by atoms with Gasteiger partial charge in [0.15, 0.2) is 17.3 Å². The van der Waals surface area contributed by atoms with Crippen molar-refractivity contribution in [2.45, 2.75) is 0 Å². The molecule has 2 heterocycles. The van der Waals surface area contributed by atoms with Crippen LogP contribution in [0, 0.1) is 0 Å². The number of ketones is 1. The largest absolute Gasteiger partial charge is 0.497 e. The van der Waals surface area contributed by atoms with Crippen LogP contribution in [0.25, 0.3) is 17.3 Å². The van der Waals surface area contributed by atoms with Gasteiger partial charge in [0, 0.05) is 11.1 Å². The number of ether oxygens (including phenoxy) is 3. The Bertz CT molecular complexity index is 974. The summed E-state index contributed by atoms with van der Waals surface area (Å²) in [5, 5.41) is 7.20. The molecule has 0 radical (unpaired) electrons. The smallest absolute Gasteiger partial charge is 0.231 e. The predicted octanol–water partition coefficient (Wildman–Crippen LogP) is 3.71. The number of hydrogen-bond donors (Lipinski definition) is 1. The molecule has 0 amide bonds. The SMILES string of the molecule is COc1ccc(C(=O)C=Cc2cc(-c3ccc4c(c3)OCO4)n[nH]2)cc1. The van der Waals surface area contributed by atoms with Crippen LogP contribution in [0.3, 0.4) is 0 Å². The maximum absolute atomic E-state index is 12.2. The molecule has 0 saturated carbocycles. The summed E-state index contributed by atoms with van der Waals surface area (Å²) < 4.78 is 15.8. The van der Waals surface area contributed by atoms with Crippen molar-refractivity contribution in [2.75, 3.05) is 13.9 Å². The van der Waals surface area contributed by atoms with Gasteiger partial charge in [-0.05, 0) is 60.7 Å². The number of carbonyl (C=O) groups is 1. The van der Waals surface area contributed by atoms with Crippen molar-refractivity contribution >= 4 is 11.9 Å². The summed E-state index contributed by atoms with van der Waals surface area (Å²) in [7, 11) is 1.59. The van der Waals surface area contributed by atoms with Gasteiger partial charge in [-0.2, -0.15) is 5.10 Å². The third-order valence-electron chi connectivity index (χ3n) is 4.05. The molecule has 3 aromatic rings. The summed E-state index contributed by atoms with van der Waals surface area (Å²) >= 11 is 0. The van der Waals surface area contributed by atoms with Gasteiger partial charge in [-0.1, -0.05) is 0 Å². The predicted molar refractivity (Wildman–Crippen MR) is 96.5 cm³/mol. The van der Waals surface area contributed by atoms with Gasteiger partial charge < -0.3 is 14.2 Å². The molecule has 2 aromatic carbocycles. The third kappa shape index (κ3) is 3.17. The minimum atomic E-state index is -0.0908. The van der Waals surface area contributed by atoms with Gasteiger partial charge in [-0.15, -0.1) is 0 Å². The van der Waals surface area contributed by atoms with Crippen LogP contribution in [0.5, 0.6) is 17.2 Å². The fourth-order valence-corrected chi connectivity index (χ4v) is 2.64. The topological polar surface area (TPSA) is 73.4 Å². The molecule has 0 aliphatic carbocycles. The van der Waals surface area contributed by atoms with Crippen LogP contribution in [0.2, 0.25) is 0 Å². The van der Waals surface area contributed by atoms with Crippen molar-refractivity contribution in [3.8, 4) is 28.5 Å². The maximum atomic E-state index is 12.2. The lowest BCUT2D eigenvalue weighted by Gasteiger charge is -1.99. The van der Waals surface area contributed by atoms with E-state index in [0.717, 1.165) is 22.7 Å². The molecule has 6 nitrogen and oxygen atoms in total. The molecule has 0 spiro atoms. The highest BCUT2D eigenvalue weighted by Gasteiger charge is 2.14. The van der Waals surface area contributed by atoms with Crippen LogP contribution in [-0.2, 0) is 0 Å². The van der Waals surface area contributed by atoms with Crippen molar-refractivity contribution in [2.24, 2.45) is 0 Å². The Kier molecular flexibility index (Phi) is 4.15. The van der Waals surface area contributed by atoms with Gasteiger partial charge in [-0.3, -0.25) is 9.89 Å². The molecule has 0 atom stereocenters. The molecular formula is C20H16N2O4. The molecule has 1 aliphatic rings. The van der Waals surface area contributed by atoms with Gasteiger partial charge in [0.05, 0.1) is 18.5 Å². The molecule has 130 valence electrons. The summed E-state index contributed by atoms with van der Waals surface area (Å²) in [6, 6.07) is 14.5. The van der Waals surface area contributed by atoms with Gasteiger partial charge in [-0.25, -0.2) is 0 Å². The van der Waals surface area contributed by atoms with Gasteiger partial charge in [0.1, 0.15) is 5.75 Å². The Morgan fingerprint density at radius 3 is 2.73 bits per heavy atom. The average molecular weight is 348 g/mol. The van der Waals surface area contributed by atoms with E-state index in [0.29, 0.717) is 17.1 Å². The van der Waals surface area contributed by atoms with Crippen molar-refractivity contribution in [1.82, 2.24) is 10.2 Å². The quantitative estimate of drug-likeness (QED) is 0.562. The zero-order valence-corrected chi connectivity index (χ0v) is 14.1. The molecule has 0 saturated heterocycles. The number of hydrogen-bond acceptors (Lipinski definition) is 5. The summed E-state index contributed by atoms with van der Waals surface area (Å²) in [4.78, 5) is 12.2. The Morgan fingerprint density at radius 2 is 1.92 bits per heavy atom. The van der Waals surface area contributed by atoms with E-state index < -0.39 is 0 Å². The van der Waals surface area contributed by atoms with E-state index in [9.17, 15) is 4.79 Å². The Morgan fingerprint density at radius 1 is 1.12 bits per heavy atom. The standard InChI is InChI=1S/C20H16N2O4/c1-24-16-6-2-13(3-7-16)18(23)8-5-15-11-17(22-21-15)14-4-9-19-20(10-14)26-12-25-19/h2-11H,12H2,1H3,(H,21,22). The van der Waals surface area contributed by atoms with Crippen LogP contribution in [0.15, 0.2) is 54.6 Å². The highest BCUT2D eigenvalue weighted by molar-refractivity contribution is 6.06. The normalized spacial score (nSPS) is 12.5. The lowest BCUT2D eigenvalue weighted by molar-refractivity contribution is 0.104. The van der Waals surface area contributed by atoms with Crippen LogP contribution in [0.1, 0.15) is 16.1 Å². The lowest BCUT2D eigenvalue weighted by atomic mass is 10.1. The van der Waals surface area contributed by atoms with Crippen molar-refractivity contribution in [3.05, 3.63) is 65.9 Å². The second-order valence-electron chi connectivity index (χ2n) is 5.70. The van der Waals surface area contributed by atoms with E-state index in [2.05, 4.69) is 10.2 Å². The van der Waals surface area contributed by atoms with Gasteiger partial charge in [0.25, 0.3) is 0 Å². The number of methoxy groups -OCH3 is 1. The van der Waals surface area contributed by atoms with Crippen molar-refractivity contribution < 1.29 is 19.0 Å². The van der Waals surface area contributed by atoms with E-state index in [-0.39, 0.29) is 12.6 Å². The molecule has 4 rings (SSSR count). The Balaban J connectivity index is 1.49. The first kappa shape index (κ1) is 16.0. The van der Waals surface area contributed by atoms with Crippen LogP contribution in [-0.4, -0.2) is 29.9 Å². The number of H-pyrrole nitrogens is 1. The fourth-order valence-electron chi connectivity index (χ4n) is 2.64. The second kappa shape index (κ2) is 6.76. The monoisotopic (exact) mass is 348 g/mol. The molecule has 1 aromatic heterocycles. The summed E-state index contributed by atoms with van der Waals surface area (Å²) in [6.07, 6.45) is 3.22. The highest BCUT2D eigenvalue weighted by atomic mass is 16.7.